The molecule has 0 bridgehead atoms. The molecule has 0 aliphatic rings. The quantitative estimate of drug-likeness (QED) is 0.603. The molecular weight excluding hydrogens is 412 g/mol. The average molecular weight is 439 g/mol. The number of anilines is 1. The minimum atomic E-state index is -3.75. The van der Waals surface area contributed by atoms with E-state index in [4.69, 9.17) is 4.74 Å². The summed E-state index contributed by atoms with van der Waals surface area (Å²) in [5.41, 5.74) is 3.84. The first-order chi connectivity index (χ1) is 14.7. The molecule has 0 saturated heterocycles. The Balaban J connectivity index is 1.75. The van der Waals surface area contributed by atoms with Crippen LogP contribution in [0.4, 0.5) is 5.69 Å². The van der Waals surface area contributed by atoms with E-state index in [1.807, 2.05) is 31.2 Å². The lowest BCUT2D eigenvalue weighted by Crippen LogP contribution is -2.27. The highest BCUT2D eigenvalue weighted by Crippen LogP contribution is 2.27. The highest BCUT2D eigenvalue weighted by atomic mass is 32.2. The van der Waals surface area contributed by atoms with E-state index in [0.717, 1.165) is 11.1 Å². The summed E-state index contributed by atoms with van der Waals surface area (Å²) >= 11 is 0. The summed E-state index contributed by atoms with van der Waals surface area (Å²) in [6.07, 6.45) is 0. The lowest BCUT2D eigenvalue weighted by atomic mass is 10.1. The molecule has 0 aliphatic carbocycles. The van der Waals surface area contributed by atoms with Crippen LogP contribution >= 0.6 is 0 Å². The van der Waals surface area contributed by atoms with Crippen LogP contribution < -0.4 is 14.4 Å². The van der Waals surface area contributed by atoms with Crippen LogP contribution in [0.25, 0.3) is 0 Å². The van der Waals surface area contributed by atoms with Gasteiger partial charge in [0.25, 0.3) is 15.9 Å². The number of hydrogen-bond acceptors (Lipinski definition) is 4. The van der Waals surface area contributed by atoms with Crippen molar-refractivity contribution in [3.8, 4) is 5.75 Å². The topological polar surface area (TPSA) is 75.7 Å². The molecular formula is C24H26N2O4S. The molecule has 7 heteroatoms. The fraction of sp³-hybridized carbons (Fsp3) is 0.208. The van der Waals surface area contributed by atoms with Gasteiger partial charge in [-0.25, -0.2) is 8.42 Å². The van der Waals surface area contributed by atoms with Crippen LogP contribution in [0.2, 0.25) is 0 Å². The van der Waals surface area contributed by atoms with E-state index in [2.05, 4.69) is 5.32 Å². The molecule has 0 atom stereocenters. The number of amides is 1. The Hall–Kier alpha value is -3.32. The van der Waals surface area contributed by atoms with Gasteiger partial charge in [-0.1, -0.05) is 29.8 Å². The summed E-state index contributed by atoms with van der Waals surface area (Å²) in [6.45, 7) is 4.22. The van der Waals surface area contributed by atoms with Gasteiger partial charge in [-0.05, 0) is 67.4 Å². The van der Waals surface area contributed by atoms with Crippen molar-refractivity contribution < 1.29 is 17.9 Å². The predicted octanol–water partition coefficient (Wildman–Crippen LogP) is 4.07. The van der Waals surface area contributed by atoms with Crippen LogP contribution in [0.15, 0.2) is 71.6 Å². The number of methoxy groups -OCH3 is 1. The maximum Gasteiger partial charge on any atom is 0.264 e. The Kier molecular flexibility index (Phi) is 6.65. The zero-order valence-corrected chi connectivity index (χ0v) is 18.9. The number of benzene rings is 3. The molecule has 0 heterocycles. The van der Waals surface area contributed by atoms with Crippen molar-refractivity contribution in [1.29, 1.82) is 0 Å². The second-order valence-corrected chi connectivity index (χ2v) is 9.29. The summed E-state index contributed by atoms with van der Waals surface area (Å²) in [5.74, 6) is 0.370. The van der Waals surface area contributed by atoms with Crippen molar-refractivity contribution in [2.75, 3.05) is 18.5 Å². The Morgan fingerprint density at radius 1 is 0.968 bits per heavy atom. The number of nitrogens with one attached hydrogen (secondary N) is 1. The Morgan fingerprint density at radius 2 is 1.61 bits per heavy atom. The number of ether oxygens (including phenoxy) is 1. The minimum Gasteiger partial charge on any atom is -0.497 e. The predicted molar refractivity (Wildman–Crippen MR) is 122 cm³/mol. The molecule has 0 radical (unpaired) electrons. The molecule has 0 unspecified atom stereocenters. The number of rotatable bonds is 7. The molecule has 0 aromatic heterocycles. The highest BCUT2D eigenvalue weighted by Gasteiger charge is 2.23. The molecule has 1 amide bonds. The summed E-state index contributed by atoms with van der Waals surface area (Å²) in [6, 6.07) is 19.2. The molecule has 162 valence electrons. The van der Waals surface area contributed by atoms with Crippen LogP contribution in [0.5, 0.6) is 5.75 Å². The molecule has 0 fully saturated rings. The van der Waals surface area contributed by atoms with Gasteiger partial charge >= 0.3 is 0 Å². The third-order valence-electron chi connectivity index (χ3n) is 5.09. The number of carbonyl (C=O) groups is 1. The van der Waals surface area contributed by atoms with E-state index < -0.39 is 10.0 Å². The zero-order valence-electron chi connectivity index (χ0n) is 18.0. The molecule has 0 saturated carbocycles. The Bertz CT molecular complexity index is 1170. The van der Waals surface area contributed by atoms with Crippen molar-refractivity contribution in [2.45, 2.75) is 25.3 Å². The minimum absolute atomic E-state index is 0.162. The maximum absolute atomic E-state index is 13.0. The van der Waals surface area contributed by atoms with E-state index in [1.165, 1.54) is 30.6 Å². The molecule has 0 spiro atoms. The SMILES string of the molecule is COc1ccc(S(=O)(=O)N(C)c2ccc(C(=O)NCc3ccc(C)cc3)cc2C)cc1. The van der Waals surface area contributed by atoms with Gasteiger partial charge in [0.05, 0.1) is 17.7 Å². The Labute approximate surface area is 183 Å². The average Bonchev–Trinajstić information content (AvgIpc) is 2.78. The van der Waals surface area contributed by atoms with Crippen molar-refractivity contribution in [3.05, 3.63) is 89.0 Å². The van der Waals surface area contributed by atoms with E-state index in [-0.39, 0.29) is 10.8 Å². The summed E-state index contributed by atoms with van der Waals surface area (Å²) in [4.78, 5) is 12.7. The van der Waals surface area contributed by atoms with Gasteiger partial charge in [0.1, 0.15) is 5.75 Å². The number of sulfonamides is 1. The largest absolute Gasteiger partial charge is 0.497 e. The van der Waals surface area contributed by atoms with Gasteiger partial charge in [-0.3, -0.25) is 9.10 Å². The summed E-state index contributed by atoms with van der Waals surface area (Å²) in [5, 5.41) is 2.89. The Morgan fingerprint density at radius 3 is 2.19 bits per heavy atom. The first-order valence-corrected chi connectivity index (χ1v) is 11.2. The number of nitrogens with zero attached hydrogens (tertiary/aromatic N) is 1. The second-order valence-electron chi connectivity index (χ2n) is 7.32. The van der Waals surface area contributed by atoms with Crippen molar-refractivity contribution in [2.24, 2.45) is 0 Å². The van der Waals surface area contributed by atoms with Crippen LogP contribution in [0, 0.1) is 13.8 Å². The summed E-state index contributed by atoms with van der Waals surface area (Å²) < 4.78 is 32.3. The van der Waals surface area contributed by atoms with Crippen LogP contribution in [-0.2, 0) is 16.6 Å². The highest BCUT2D eigenvalue weighted by molar-refractivity contribution is 7.92. The van der Waals surface area contributed by atoms with Gasteiger partial charge < -0.3 is 10.1 Å². The van der Waals surface area contributed by atoms with Crippen LogP contribution in [-0.4, -0.2) is 28.5 Å². The monoisotopic (exact) mass is 438 g/mol. The normalized spacial score (nSPS) is 11.1. The zero-order chi connectivity index (χ0) is 22.6. The first kappa shape index (κ1) is 22.4. The summed E-state index contributed by atoms with van der Waals surface area (Å²) in [7, 11) is -0.721. The fourth-order valence-corrected chi connectivity index (χ4v) is 4.44. The molecule has 3 aromatic rings. The second kappa shape index (κ2) is 9.22. The van der Waals surface area contributed by atoms with Crippen molar-refractivity contribution in [3.63, 3.8) is 0 Å². The van der Waals surface area contributed by atoms with Crippen LogP contribution in [0.1, 0.15) is 27.0 Å². The third-order valence-corrected chi connectivity index (χ3v) is 6.88. The third kappa shape index (κ3) is 5.06. The number of aryl methyl sites for hydroxylation is 2. The molecule has 3 rings (SSSR count). The maximum atomic E-state index is 13.0. The van der Waals surface area contributed by atoms with E-state index in [0.29, 0.717) is 29.1 Å². The number of hydrogen-bond donors (Lipinski definition) is 1. The number of carbonyl (C=O) groups excluding carboxylic acids is 1. The van der Waals surface area contributed by atoms with Gasteiger partial charge in [-0.2, -0.15) is 0 Å². The van der Waals surface area contributed by atoms with Crippen molar-refractivity contribution in [1.82, 2.24) is 5.32 Å². The smallest absolute Gasteiger partial charge is 0.264 e. The van der Waals surface area contributed by atoms with E-state index in [9.17, 15) is 13.2 Å². The van der Waals surface area contributed by atoms with E-state index in [1.54, 1.807) is 37.3 Å². The lowest BCUT2D eigenvalue weighted by molar-refractivity contribution is 0.0951. The molecule has 3 aromatic carbocycles. The van der Waals surface area contributed by atoms with Crippen LogP contribution in [0.3, 0.4) is 0 Å². The van der Waals surface area contributed by atoms with Gasteiger partial charge in [0, 0.05) is 19.2 Å². The van der Waals surface area contributed by atoms with Gasteiger partial charge in [0.2, 0.25) is 0 Å². The van der Waals surface area contributed by atoms with Gasteiger partial charge in [0.15, 0.2) is 0 Å². The molecule has 31 heavy (non-hydrogen) atoms. The van der Waals surface area contributed by atoms with E-state index >= 15 is 0 Å². The molecule has 1 N–H and O–H groups in total. The first-order valence-electron chi connectivity index (χ1n) is 9.80. The standard InChI is InChI=1S/C24H26N2O4S/c1-17-5-7-19(8-6-17)16-25-24(27)20-9-14-23(18(2)15-20)26(3)31(28,29)22-12-10-21(30-4)11-13-22/h5-15H,16H2,1-4H3,(H,25,27). The van der Waals surface area contributed by atoms with Crippen molar-refractivity contribution >= 4 is 21.6 Å². The fourth-order valence-electron chi connectivity index (χ4n) is 3.18. The molecule has 0 aliphatic heterocycles. The molecule has 6 nitrogen and oxygen atoms in total. The lowest BCUT2D eigenvalue weighted by Gasteiger charge is -2.22. The van der Waals surface area contributed by atoms with Gasteiger partial charge in [-0.15, -0.1) is 0 Å².